The lowest BCUT2D eigenvalue weighted by atomic mass is 10.0. The van der Waals surface area contributed by atoms with E-state index in [1.165, 1.54) is 10.9 Å². The number of aryl methyl sites for hydroxylation is 1. The molecule has 1 atom stereocenters. The smallest absolute Gasteiger partial charge is 0.410 e. The molecule has 24 heavy (non-hydrogen) atoms. The van der Waals surface area contributed by atoms with Crippen molar-refractivity contribution >= 4 is 22.9 Å². The summed E-state index contributed by atoms with van der Waals surface area (Å²) in [5, 5.41) is 1.18. The number of hydrogen-bond acceptors (Lipinski definition) is 3. The molecule has 0 saturated carbocycles. The Morgan fingerprint density at radius 1 is 1.33 bits per heavy atom. The minimum atomic E-state index is -0.498. The number of fused-ring (bicyclic) bond motifs is 1. The maximum absolute atomic E-state index is 12.5. The molecule has 126 valence electrons. The highest BCUT2D eigenvalue weighted by molar-refractivity contribution is 5.84. The highest BCUT2D eigenvalue weighted by Crippen LogP contribution is 2.32. The number of likely N-dealkylation sites (tertiary alicyclic amines) is 1. The van der Waals surface area contributed by atoms with Gasteiger partial charge in [-0.25, -0.2) is 4.79 Å². The van der Waals surface area contributed by atoms with E-state index in [9.17, 15) is 9.59 Å². The quantitative estimate of drug-likeness (QED) is 0.939. The largest absolute Gasteiger partial charge is 0.439 e. The van der Waals surface area contributed by atoms with E-state index in [1.807, 2.05) is 29.3 Å². The van der Waals surface area contributed by atoms with Crippen LogP contribution in [0.25, 0.3) is 10.9 Å². The highest BCUT2D eigenvalue weighted by atomic mass is 16.6. The van der Waals surface area contributed by atoms with E-state index >= 15 is 0 Å². The Kier molecular flexibility index (Phi) is 3.48. The molecule has 1 N–H and O–H groups in total. The second-order valence-electron chi connectivity index (χ2n) is 6.83. The maximum Gasteiger partial charge on any atom is 0.410 e. The Balaban J connectivity index is 1.38. The molecule has 3 heterocycles. The third kappa shape index (κ3) is 2.52. The summed E-state index contributed by atoms with van der Waals surface area (Å²) in [6.45, 7) is 1.74. The lowest BCUT2D eigenvalue weighted by Crippen LogP contribution is -2.39. The van der Waals surface area contributed by atoms with Crippen LogP contribution in [0.4, 0.5) is 4.79 Å². The molecule has 2 aromatic rings. The predicted molar refractivity (Wildman–Crippen MR) is 89.7 cm³/mol. The van der Waals surface area contributed by atoms with Gasteiger partial charge in [0.15, 0.2) is 5.60 Å². The van der Waals surface area contributed by atoms with Crippen molar-refractivity contribution in [3.63, 3.8) is 0 Å². The van der Waals surface area contributed by atoms with E-state index in [4.69, 9.17) is 4.74 Å². The van der Waals surface area contributed by atoms with Crippen LogP contribution in [0.1, 0.15) is 18.4 Å². The number of para-hydroxylation sites is 1. The van der Waals surface area contributed by atoms with Gasteiger partial charge in [-0.15, -0.1) is 0 Å². The molecule has 6 nitrogen and oxygen atoms in total. The Bertz CT molecular complexity index is 800. The molecule has 1 aromatic heterocycles. The predicted octanol–water partition coefficient (Wildman–Crippen LogP) is 2.15. The first-order chi connectivity index (χ1) is 11.6. The average Bonchev–Trinajstić information content (AvgIpc) is 3.24. The normalized spacial score (nSPS) is 23.5. The molecule has 2 aliphatic rings. The number of H-pyrrole nitrogens is 1. The van der Waals surface area contributed by atoms with Gasteiger partial charge in [-0.05, 0) is 18.1 Å². The SMILES string of the molecule is CN1C[C@@]2(CCN(C(=O)CCc3c[nH]c4ccccc34)C2)OC1=O. The Labute approximate surface area is 140 Å². The first-order valence-electron chi connectivity index (χ1n) is 8.33. The van der Waals surface area contributed by atoms with Crippen LogP contribution in [-0.2, 0) is 16.0 Å². The average molecular weight is 327 g/mol. The van der Waals surface area contributed by atoms with Gasteiger partial charge in [0, 0.05) is 43.5 Å². The Morgan fingerprint density at radius 2 is 2.17 bits per heavy atom. The van der Waals surface area contributed by atoms with Crippen molar-refractivity contribution < 1.29 is 14.3 Å². The summed E-state index contributed by atoms with van der Waals surface area (Å²) in [5.41, 5.74) is 1.77. The summed E-state index contributed by atoms with van der Waals surface area (Å²) < 4.78 is 5.50. The summed E-state index contributed by atoms with van der Waals surface area (Å²) in [6.07, 6.45) is 3.61. The minimum absolute atomic E-state index is 0.128. The van der Waals surface area contributed by atoms with Gasteiger partial charge in [-0.3, -0.25) is 4.79 Å². The number of ether oxygens (including phenoxy) is 1. The van der Waals surface area contributed by atoms with Gasteiger partial charge in [0.2, 0.25) is 5.91 Å². The lowest BCUT2D eigenvalue weighted by Gasteiger charge is -2.21. The molecule has 6 heteroatoms. The topological polar surface area (TPSA) is 65.6 Å². The molecule has 1 aromatic carbocycles. The summed E-state index contributed by atoms with van der Waals surface area (Å²) in [6, 6.07) is 8.12. The van der Waals surface area contributed by atoms with E-state index in [2.05, 4.69) is 11.1 Å². The molecule has 0 radical (unpaired) electrons. The van der Waals surface area contributed by atoms with Crippen molar-refractivity contribution in [3.8, 4) is 0 Å². The van der Waals surface area contributed by atoms with Crippen molar-refractivity contribution in [2.45, 2.75) is 24.9 Å². The summed E-state index contributed by atoms with van der Waals surface area (Å²) in [7, 11) is 1.73. The standard InChI is InChI=1S/C18H21N3O3/c1-20-11-18(24-17(20)23)8-9-21(12-18)16(22)7-6-13-10-19-15-5-3-2-4-14(13)15/h2-5,10,19H,6-9,11-12H2,1H3/t18-/m1/s1. The van der Waals surface area contributed by atoms with Crippen LogP contribution in [0.2, 0.25) is 0 Å². The van der Waals surface area contributed by atoms with Crippen LogP contribution >= 0.6 is 0 Å². The fourth-order valence-electron chi connectivity index (χ4n) is 3.80. The maximum atomic E-state index is 12.5. The van der Waals surface area contributed by atoms with E-state index in [0.29, 0.717) is 32.5 Å². The minimum Gasteiger partial charge on any atom is -0.439 e. The zero-order chi connectivity index (χ0) is 16.7. The van der Waals surface area contributed by atoms with E-state index in [1.54, 1.807) is 11.9 Å². The molecular formula is C18H21N3O3. The van der Waals surface area contributed by atoms with Crippen molar-refractivity contribution in [1.29, 1.82) is 0 Å². The van der Waals surface area contributed by atoms with Gasteiger partial charge in [-0.2, -0.15) is 0 Å². The third-order valence-corrected chi connectivity index (χ3v) is 5.09. The number of hydrogen-bond donors (Lipinski definition) is 1. The second kappa shape index (κ2) is 5.54. The van der Waals surface area contributed by atoms with Crippen LogP contribution < -0.4 is 0 Å². The van der Waals surface area contributed by atoms with E-state index < -0.39 is 5.60 Å². The number of rotatable bonds is 3. The summed E-state index contributed by atoms with van der Waals surface area (Å²) in [5.74, 6) is 0.128. The van der Waals surface area contributed by atoms with Crippen LogP contribution in [0.5, 0.6) is 0 Å². The number of benzene rings is 1. The first kappa shape index (κ1) is 15.1. The van der Waals surface area contributed by atoms with E-state index in [-0.39, 0.29) is 12.0 Å². The lowest BCUT2D eigenvalue weighted by molar-refractivity contribution is -0.130. The number of carbonyl (C=O) groups is 2. The number of carbonyl (C=O) groups excluding carboxylic acids is 2. The number of likely N-dealkylation sites (N-methyl/N-ethyl adjacent to an activating group) is 1. The molecule has 2 amide bonds. The Morgan fingerprint density at radius 3 is 2.96 bits per heavy atom. The van der Waals surface area contributed by atoms with Crippen LogP contribution in [0.15, 0.2) is 30.5 Å². The fraction of sp³-hybridized carbons (Fsp3) is 0.444. The van der Waals surface area contributed by atoms with Gasteiger partial charge in [-0.1, -0.05) is 18.2 Å². The van der Waals surface area contributed by atoms with Crippen LogP contribution in [0, 0.1) is 0 Å². The second-order valence-corrected chi connectivity index (χ2v) is 6.83. The number of nitrogens with zero attached hydrogens (tertiary/aromatic N) is 2. The number of nitrogens with one attached hydrogen (secondary N) is 1. The molecule has 2 aliphatic heterocycles. The number of amides is 2. The van der Waals surface area contributed by atoms with Crippen LogP contribution in [0.3, 0.4) is 0 Å². The summed E-state index contributed by atoms with van der Waals surface area (Å²) >= 11 is 0. The zero-order valence-electron chi connectivity index (χ0n) is 13.7. The molecule has 2 saturated heterocycles. The third-order valence-electron chi connectivity index (χ3n) is 5.09. The van der Waals surface area contributed by atoms with Gasteiger partial charge >= 0.3 is 6.09 Å². The van der Waals surface area contributed by atoms with Gasteiger partial charge < -0.3 is 19.5 Å². The molecule has 0 unspecified atom stereocenters. The fourth-order valence-corrected chi connectivity index (χ4v) is 3.80. The van der Waals surface area contributed by atoms with Crippen LogP contribution in [-0.4, -0.2) is 59.1 Å². The van der Waals surface area contributed by atoms with Crippen molar-refractivity contribution in [1.82, 2.24) is 14.8 Å². The highest BCUT2D eigenvalue weighted by Gasteiger charge is 2.49. The molecule has 0 bridgehead atoms. The first-order valence-corrected chi connectivity index (χ1v) is 8.33. The van der Waals surface area contributed by atoms with Gasteiger partial charge in [0.25, 0.3) is 0 Å². The monoisotopic (exact) mass is 327 g/mol. The summed E-state index contributed by atoms with van der Waals surface area (Å²) in [4.78, 5) is 30.8. The van der Waals surface area contributed by atoms with Gasteiger partial charge in [0.1, 0.15) is 0 Å². The van der Waals surface area contributed by atoms with Crippen molar-refractivity contribution in [2.75, 3.05) is 26.7 Å². The molecule has 0 aliphatic carbocycles. The molecular weight excluding hydrogens is 306 g/mol. The Hall–Kier alpha value is -2.50. The van der Waals surface area contributed by atoms with Crippen molar-refractivity contribution in [2.24, 2.45) is 0 Å². The molecule has 4 rings (SSSR count). The number of aromatic nitrogens is 1. The molecule has 2 fully saturated rings. The zero-order valence-corrected chi connectivity index (χ0v) is 13.7. The number of aromatic amines is 1. The van der Waals surface area contributed by atoms with Gasteiger partial charge in [0.05, 0.1) is 13.1 Å². The van der Waals surface area contributed by atoms with Crippen molar-refractivity contribution in [3.05, 3.63) is 36.0 Å². The van der Waals surface area contributed by atoms with E-state index in [0.717, 1.165) is 11.9 Å². The molecule has 1 spiro atoms.